The lowest BCUT2D eigenvalue weighted by Crippen LogP contribution is -2.27. The number of rotatable bonds is 6. The van der Waals surface area contributed by atoms with Gasteiger partial charge in [0.15, 0.2) is 0 Å². The van der Waals surface area contributed by atoms with Gasteiger partial charge in [0.2, 0.25) is 5.91 Å². The molecule has 0 aromatic heterocycles. The van der Waals surface area contributed by atoms with Crippen molar-refractivity contribution >= 4 is 23.3 Å². The minimum absolute atomic E-state index is 0.0303. The predicted octanol–water partition coefficient (Wildman–Crippen LogP) is 1.14. The molecule has 1 fully saturated rings. The molecule has 0 atom stereocenters. The lowest BCUT2D eigenvalue weighted by atomic mass is 10.1. The van der Waals surface area contributed by atoms with Crippen LogP contribution in [0.15, 0.2) is 18.2 Å². The summed E-state index contributed by atoms with van der Waals surface area (Å²) in [7, 11) is 1.31. The van der Waals surface area contributed by atoms with Gasteiger partial charge in [-0.2, -0.15) is 0 Å². The summed E-state index contributed by atoms with van der Waals surface area (Å²) in [6, 6.07) is 5.46. The van der Waals surface area contributed by atoms with Gasteiger partial charge in [-0.1, -0.05) is 6.07 Å². The van der Waals surface area contributed by atoms with Crippen molar-refractivity contribution in [3.05, 3.63) is 23.8 Å². The summed E-state index contributed by atoms with van der Waals surface area (Å²) < 4.78 is 4.65. The van der Waals surface area contributed by atoms with E-state index in [1.54, 1.807) is 18.2 Å². The number of carbonyl (C=O) groups excluding carboxylic acids is 2. The van der Waals surface area contributed by atoms with E-state index in [0.717, 1.165) is 12.8 Å². The average molecular weight is 277 g/mol. The number of nitrogens with one attached hydrogen (secondary N) is 2. The average Bonchev–Trinajstić information content (AvgIpc) is 3.23. The highest BCUT2D eigenvalue weighted by molar-refractivity contribution is 5.98. The number of nitrogen functional groups attached to an aromatic ring is 1. The van der Waals surface area contributed by atoms with Crippen molar-refractivity contribution in [2.24, 2.45) is 0 Å². The number of amides is 1. The number of esters is 1. The Morgan fingerprint density at radius 3 is 2.80 bits per heavy atom. The molecule has 1 aromatic carbocycles. The maximum Gasteiger partial charge on any atom is 0.340 e. The molecule has 0 spiro atoms. The summed E-state index contributed by atoms with van der Waals surface area (Å²) >= 11 is 0. The molecule has 1 amide bonds. The van der Waals surface area contributed by atoms with Crippen molar-refractivity contribution in [3.63, 3.8) is 0 Å². The van der Waals surface area contributed by atoms with E-state index in [1.165, 1.54) is 7.11 Å². The zero-order valence-electron chi connectivity index (χ0n) is 11.4. The fraction of sp³-hybridized carbons (Fsp3) is 0.429. The van der Waals surface area contributed by atoms with Crippen molar-refractivity contribution < 1.29 is 14.3 Å². The Hall–Kier alpha value is -2.24. The smallest absolute Gasteiger partial charge is 0.340 e. The number of benzene rings is 1. The monoisotopic (exact) mass is 277 g/mol. The SMILES string of the molecule is COC(=O)c1cccc(NCCC(=O)NC2CC2)c1N. The van der Waals surface area contributed by atoms with Crippen LogP contribution in [0.25, 0.3) is 0 Å². The number of nitrogens with two attached hydrogens (primary N) is 1. The van der Waals surface area contributed by atoms with Crippen LogP contribution in [0.3, 0.4) is 0 Å². The largest absolute Gasteiger partial charge is 0.465 e. The number of ether oxygens (including phenoxy) is 1. The summed E-state index contributed by atoms with van der Waals surface area (Å²) in [4.78, 5) is 23.0. The zero-order chi connectivity index (χ0) is 14.5. The molecule has 0 aliphatic heterocycles. The molecule has 6 nitrogen and oxygen atoms in total. The minimum Gasteiger partial charge on any atom is -0.465 e. The van der Waals surface area contributed by atoms with E-state index >= 15 is 0 Å². The Morgan fingerprint density at radius 2 is 2.15 bits per heavy atom. The van der Waals surface area contributed by atoms with Gasteiger partial charge in [0, 0.05) is 19.0 Å². The lowest BCUT2D eigenvalue weighted by Gasteiger charge is -2.11. The standard InChI is InChI=1S/C14H19N3O3/c1-20-14(19)10-3-2-4-11(13(10)15)16-8-7-12(18)17-9-5-6-9/h2-4,9,16H,5-8,15H2,1H3,(H,17,18). The van der Waals surface area contributed by atoms with Gasteiger partial charge in [0.05, 0.1) is 24.0 Å². The highest BCUT2D eigenvalue weighted by atomic mass is 16.5. The van der Waals surface area contributed by atoms with Gasteiger partial charge < -0.3 is 21.1 Å². The first kappa shape index (κ1) is 14.2. The fourth-order valence-corrected chi connectivity index (χ4v) is 1.85. The molecule has 4 N–H and O–H groups in total. The number of anilines is 2. The second kappa shape index (κ2) is 6.27. The number of hydrogen-bond donors (Lipinski definition) is 3. The van der Waals surface area contributed by atoms with Crippen LogP contribution in [0.5, 0.6) is 0 Å². The van der Waals surface area contributed by atoms with Crippen LogP contribution in [-0.4, -0.2) is 31.6 Å². The van der Waals surface area contributed by atoms with Crippen LogP contribution in [0.4, 0.5) is 11.4 Å². The van der Waals surface area contributed by atoms with Gasteiger partial charge >= 0.3 is 5.97 Å². The topological polar surface area (TPSA) is 93.4 Å². The molecular weight excluding hydrogens is 258 g/mol. The van der Waals surface area contributed by atoms with E-state index in [-0.39, 0.29) is 5.91 Å². The molecule has 1 aliphatic carbocycles. The molecule has 1 saturated carbocycles. The number of carbonyl (C=O) groups is 2. The van der Waals surface area contributed by atoms with Gasteiger partial charge in [-0.3, -0.25) is 4.79 Å². The third kappa shape index (κ3) is 3.63. The Balaban J connectivity index is 1.88. The Kier molecular flexibility index (Phi) is 4.45. The third-order valence-corrected chi connectivity index (χ3v) is 3.12. The van der Waals surface area contributed by atoms with E-state index in [4.69, 9.17) is 5.73 Å². The molecule has 0 bridgehead atoms. The van der Waals surface area contributed by atoms with Gasteiger partial charge in [0.1, 0.15) is 0 Å². The molecule has 1 aliphatic rings. The van der Waals surface area contributed by atoms with E-state index in [9.17, 15) is 9.59 Å². The minimum atomic E-state index is -0.474. The van der Waals surface area contributed by atoms with Crippen LogP contribution >= 0.6 is 0 Å². The van der Waals surface area contributed by atoms with Crippen molar-refractivity contribution in [1.29, 1.82) is 0 Å². The first-order chi connectivity index (χ1) is 9.61. The summed E-state index contributed by atoms with van der Waals surface area (Å²) in [5.41, 5.74) is 7.19. The second-order valence-corrected chi connectivity index (χ2v) is 4.78. The third-order valence-electron chi connectivity index (χ3n) is 3.12. The Bertz CT molecular complexity index is 512. The summed E-state index contributed by atoms with van der Waals surface area (Å²) in [5.74, 6) is -0.444. The fourth-order valence-electron chi connectivity index (χ4n) is 1.85. The molecule has 0 radical (unpaired) electrons. The second-order valence-electron chi connectivity index (χ2n) is 4.78. The maximum absolute atomic E-state index is 11.5. The molecule has 1 aromatic rings. The molecular formula is C14H19N3O3. The quantitative estimate of drug-likeness (QED) is 0.535. The van der Waals surface area contributed by atoms with Crippen LogP contribution in [0, 0.1) is 0 Å². The van der Waals surface area contributed by atoms with Crippen molar-refractivity contribution in [3.8, 4) is 0 Å². The number of hydrogen-bond acceptors (Lipinski definition) is 5. The number of methoxy groups -OCH3 is 1. The van der Waals surface area contributed by atoms with Crippen LogP contribution in [0.1, 0.15) is 29.6 Å². The molecule has 6 heteroatoms. The molecule has 108 valence electrons. The Labute approximate surface area is 117 Å². The first-order valence-corrected chi connectivity index (χ1v) is 6.62. The normalized spacial score (nSPS) is 13.7. The van der Waals surface area contributed by atoms with Crippen LogP contribution in [-0.2, 0) is 9.53 Å². The predicted molar refractivity (Wildman–Crippen MR) is 76.5 cm³/mol. The van der Waals surface area contributed by atoms with E-state index in [1.807, 2.05) is 0 Å². The van der Waals surface area contributed by atoms with Crippen LogP contribution in [0.2, 0.25) is 0 Å². The molecule has 0 unspecified atom stereocenters. The molecule has 20 heavy (non-hydrogen) atoms. The summed E-state index contributed by atoms with van der Waals surface area (Å²) in [6.45, 7) is 0.466. The summed E-state index contributed by atoms with van der Waals surface area (Å²) in [6.07, 6.45) is 2.53. The maximum atomic E-state index is 11.5. The van der Waals surface area contributed by atoms with E-state index in [0.29, 0.717) is 35.9 Å². The molecule has 0 saturated heterocycles. The van der Waals surface area contributed by atoms with Crippen molar-refractivity contribution in [2.45, 2.75) is 25.3 Å². The zero-order valence-corrected chi connectivity index (χ0v) is 11.4. The molecule has 0 heterocycles. The Morgan fingerprint density at radius 1 is 1.40 bits per heavy atom. The lowest BCUT2D eigenvalue weighted by molar-refractivity contribution is -0.120. The highest BCUT2D eigenvalue weighted by Crippen LogP contribution is 2.23. The van der Waals surface area contributed by atoms with Crippen molar-refractivity contribution in [2.75, 3.05) is 24.7 Å². The first-order valence-electron chi connectivity index (χ1n) is 6.62. The van der Waals surface area contributed by atoms with E-state index < -0.39 is 5.97 Å². The van der Waals surface area contributed by atoms with E-state index in [2.05, 4.69) is 15.4 Å². The molecule has 2 rings (SSSR count). The van der Waals surface area contributed by atoms with Gasteiger partial charge in [-0.25, -0.2) is 4.79 Å². The van der Waals surface area contributed by atoms with Gasteiger partial charge in [-0.05, 0) is 25.0 Å². The van der Waals surface area contributed by atoms with Crippen molar-refractivity contribution in [1.82, 2.24) is 5.32 Å². The van der Waals surface area contributed by atoms with Gasteiger partial charge in [-0.15, -0.1) is 0 Å². The van der Waals surface area contributed by atoms with Crippen LogP contribution < -0.4 is 16.4 Å². The number of para-hydroxylation sites is 1. The highest BCUT2D eigenvalue weighted by Gasteiger charge is 2.22. The van der Waals surface area contributed by atoms with Gasteiger partial charge in [0.25, 0.3) is 0 Å². The summed E-state index contributed by atoms with van der Waals surface area (Å²) in [5, 5.41) is 5.97.